The van der Waals surface area contributed by atoms with Gasteiger partial charge in [0.05, 0.1) is 6.54 Å². The van der Waals surface area contributed by atoms with Crippen LogP contribution in [-0.2, 0) is 6.54 Å². The number of guanidine groups is 1. The number of carbonyl (C=O) groups excluding carboxylic acids is 1. The molecule has 0 bridgehead atoms. The molecule has 0 unspecified atom stereocenters. The van der Waals surface area contributed by atoms with Crippen molar-refractivity contribution in [1.29, 1.82) is 0 Å². The van der Waals surface area contributed by atoms with Crippen LogP contribution < -0.4 is 10.1 Å². The smallest absolute Gasteiger partial charge is 0.410 e. The van der Waals surface area contributed by atoms with Gasteiger partial charge in [-0.2, -0.15) is 0 Å². The molecule has 0 aliphatic rings. The van der Waals surface area contributed by atoms with E-state index >= 15 is 0 Å². The molecule has 1 heterocycles. The first-order chi connectivity index (χ1) is 11.5. The van der Waals surface area contributed by atoms with E-state index in [2.05, 4.69) is 15.4 Å². The number of nitro groups is 1. The van der Waals surface area contributed by atoms with Gasteiger partial charge in [0.2, 0.25) is 0 Å². The van der Waals surface area contributed by atoms with E-state index in [0.717, 1.165) is 16.2 Å². The van der Waals surface area contributed by atoms with Crippen LogP contribution in [0.5, 0.6) is 5.75 Å². The minimum Gasteiger partial charge on any atom is -0.410 e. The molecule has 0 atom stereocenters. The molecule has 11 heteroatoms. The second-order valence-electron chi connectivity index (χ2n) is 4.26. The highest BCUT2D eigenvalue weighted by atomic mass is 35.5. The van der Waals surface area contributed by atoms with E-state index in [9.17, 15) is 14.9 Å². The van der Waals surface area contributed by atoms with Gasteiger partial charge < -0.3 is 10.1 Å². The lowest BCUT2D eigenvalue weighted by molar-refractivity contribution is -0.485. The molecule has 1 amide bonds. The molecule has 1 aromatic carbocycles. The lowest BCUT2D eigenvalue weighted by Crippen LogP contribution is -2.45. The van der Waals surface area contributed by atoms with Crippen LogP contribution in [0.25, 0.3) is 0 Å². The maximum absolute atomic E-state index is 12.4. The average molecular weight is 370 g/mol. The summed E-state index contributed by atoms with van der Waals surface area (Å²) in [5.41, 5.74) is 0. The first-order valence-corrected chi connectivity index (χ1v) is 7.74. The molecule has 0 aliphatic heterocycles. The predicted molar refractivity (Wildman–Crippen MR) is 88.6 cm³/mol. The Labute approximate surface area is 145 Å². The molecule has 1 aromatic heterocycles. The average Bonchev–Trinajstić information content (AvgIpc) is 2.96. The Morgan fingerprint density at radius 2 is 2.21 bits per heavy atom. The summed E-state index contributed by atoms with van der Waals surface area (Å²) in [5.74, 6) is 0.0249. The number of ether oxygens (including phenoxy) is 1. The SMILES string of the molecule is CN/C(=N\[N+](=O)[O-])N(Cc1cnc(Cl)s1)C(=O)Oc1ccccc1. The molecule has 126 valence electrons. The Balaban J connectivity index is 2.26. The molecular weight excluding hydrogens is 358 g/mol. The minimum absolute atomic E-state index is 0.0381. The van der Waals surface area contributed by atoms with E-state index in [0.29, 0.717) is 15.1 Å². The minimum atomic E-state index is -0.908. The molecule has 1 N–H and O–H groups in total. The number of rotatable bonds is 4. The molecule has 0 radical (unpaired) electrons. The van der Waals surface area contributed by atoms with Crippen molar-refractivity contribution >= 4 is 35.0 Å². The number of thiazole rings is 1. The van der Waals surface area contributed by atoms with E-state index < -0.39 is 11.1 Å². The molecule has 0 fully saturated rings. The largest absolute Gasteiger partial charge is 0.422 e. The number of hydrazone groups is 1. The number of hydrogen-bond acceptors (Lipinski definition) is 6. The van der Waals surface area contributed by atoms with Crippen LogP contribution in [0.4, 0.5) is 4.79 Å². The number of carbonyl (C=O) groups is 1. The van der Waals surface area contributed by atoms with Gasteiger partial charge in [-0.1, -0.05) is 29.8 Å². The summed E-state index contributed by atoms with van der Waals surface area (Å²) in [6.07, 6.45) is 0.635. The number of benzene rings is 1. The van der Waals surface area contributed by atoms with Crippen molar-refractivity contribution in [3.8, 4) is 5.75 Å². The molecule has 0 saturated heterocycles. The second kappa shape index (κ2) is 8.22. The van der Waals surface area contributed by atoms with Gasteiger partial charge in [0.15, 0.2) is 9.50 Å². The zero-order chi connectivity index (χ0) is 17.5. The van der Waals surface area contributed by atoms with E-state index in [4.69, 9.17) is 16.3 Å². The third kappa shape index (κ3) is 4.89. The van der Waals surface area contributed by atoms with Gasteiger partial charge in [0.1, 0.15) is 10.9 Å². The number of halogens is 1. The fraction of sp³-hybridized carbons (Fsp3) is 0.154. The maximum atomic E-state index is 12.4. The molecule has 0 aliphatic carbocycles. The van der Waals surface area contributed by atoms with Crippen molar-refractivity contribution in [3.63, 3.8) is 0 Å². The van der Waals surface area contributed by atoms with E-state index in [1.165, 1.54) is 13.2 Å². The van der Waals surface area contributed by atoms with Crippen molar-refractivity contribution in [3.05, 3.63) is 56.0 Å². The number of hydrogen-bond donors (Lipinski definition) is 1. The Morgan fingerprint density at radius 3 is 2.75 bits per heavy atom. The number of nitrogens with zero attached hydrogens (tertiary/aromatic N) is 4. The Kier molecular flexibility index (Phi) is 6.04. The summed E-state index contributed by atoms with van der Waals surface area (Å²) in [4.78, 5) is 28.6. The van der Waals surface area contributed by atoms with Crippen molar-refractivity contribution in [2.45, 2.75) is 6.54 Å². The van der Waals surface area contributed by atoms with Gasteiger partial charge in [-0.15, -0.1) is 11.3 Å². The van der Waals surface area contributed by atoms with Crippen LogP contribution in [-0.4, -0.2) is 34.0 Å². The highest BCUT2D eigenvalue weighted by molar-refractivity contribution is 7.15. The van der Waals surface area contributed by atoms with E-state index in [1.54, 1.807) is 30.3 Å². The summed E-state index contributed by atoms with van der Waals surface area (Å²) in [7, 11) is 1.41. The monoisotopic (exact) mass is 369 g/mol. The first kappa shape index (κ1) is 17.6. The number of amides is 1. The highest BCUT2D eigenvalue weighted by Gasteiger charge is 2.25. The van der Waals surface area contributed by atoms with Gasteiger partial charge in [-0.05, 0) is 12.1 Å². The first-order valence-electron chi connectivity index (χ1n) is 6.55. The normalized spacial score (nSPS) is 11.0. The lowest BCUT2D eigenvalue weighted by atomic mass is 10.3. The molecule has 2 aromatic rings. The van der Waals surface area contributed by atoms with E-state index in [-0.39, 0.29) is 12.5 Å². The van der Waals surface area contributed by atoms with Crippen LogP contribution in [0.15, 0.2) is 41.6 Å². The van der Waals surface area contributed by atoms with Crippen LogP contribution in [0, 0.1) is 10.1 Å². The van der Waals surface area contributed by atoms with Crippen LogP contribution in [0.3, 0.4) is 0 Å². The number of para-hydroxylation sites is 1. The summed E-state index contributed by atoms with van der Waals surface area (Å²) < 4.78 is 5.51. The molecule has 24 heavy (non-hydrogen) atoms. The van der Waals surface area contributed by atoms with Crippen molar-refractivity contribution in [2.24, 2.45) is 5.10 Å². The molecule has 0 saturated carbocycles. The summed E-state index contributed by atoms with van der Waals surface area (Å²) >= 11 is 6.91. The Morgan fingerprint density at radius 1 is 1.50 bits per heavy atom. The fourth-order valence-corrected chi connectivity index (χ4v) is 2.67. The fourth-order valence-electron chi connectivity index (χ4n) is 1.70. The summed E-state index contributed by atoms with van der Waals surface area (Å²) in [5, 5.41) is 15.4. The topological polar surface area (TPSA) is 110 Å². The summed E-state index contributed by atoms with van der Waals surface area (Å²) in [6, 6.07) is 8.33. The Bertz CT molecular complexity index is 752. The van der Waals surface area contributed by atoms with Gasteiger partial charge in [0.25, 0.3) is 5.96 Å². The van der Waals surface area contributed by atoms with Gasteiger partial charge in [0, 0.05) is 18.1 Å². The second-order valence-corrected chi connectivity index (χ2v) is 5.96. The van der Waals surface area contributed by atoms with Gasteiger partial charge in [-0.3, -0.25) is 0 Å². The lowest BCUT2D eigenvalue weighted by Gasteiger charge is -2.20. The quantitative estimate of drug-likeness (QED) is 0.384. The zero-order valence-corrected chi connectivity index (χ0v) is 14.0. The van der Waals surface area contributed by atoms with Gasteiger partial charge in [-0.25, -0.2) is 24.8 Å². The van der Waals surface area contributed by atoms with Crippen molar-refractivity contribution in [1.82, 2.24) is 15.2 Å². The predicted octanol–water partition coefficient (Wildman–Crippen LogP) is 2.56. The standard InChI is InChI=1S/C13H12ClN5O4S/c1-15-12(17-19(21)22)18(8-10-7-16-11(14)24-10)13(20)23-9-5-3-2-4-6-9/h2-7H,8H2,1H3,(H,15,17). The van der Waals surface area contributed by atoms with Gasteiger partial charge >= 0.3 is 6.09 Å². The van der Waals surface area contributed by atoms with Crippen molar-refractivity contribution in [2.75, 3.05) is 7.05 Å². The molecule has 9 nitrogen and oxygen atoms in total. The number of aromatic nitrogens is 1. The summed E-state index contributed by atoms with van der Waals surface area (Å²) in [6.45, 7) is -0.0381. The number of nitrogens with one attached hydrogen (secondary N) is 1. The van der Waals surface area contributed by atoms with Crippen LogP contribution in [0.2, 0.25) is 4.47 Å². The highest BCUT2D eigenvalue weighted by Crippen LogP contribution is 2.20. The Hall–Kier alpha value is -2.72. The zero-order valence-electron chi connectivity index (χ0n) is 12.4. The third-order valence-corrected chi connectivity index (χ3v) is 3.76. The van der Waals surface area contributed by atoms with Crippen LogP contribution >= 0.6 is 22.9 Å². The maximum Gasteiger partial charge on any atom is 0.422 e. The molecular formula is C13H12ClN5O4S. The van der Waals surface area contributed by atoms with Crippen molar-refractivity contribution < 1.29 is 14.6 Å². The third-order valence-electron chi connectivity index (χ3n) is 2.66. The van der Waals surface area contributed by atoms with E-state index in [1.807, 2.05) is 0 Å². The molecule has 2 rings (SSSR count). The van der Waals surface area contributed by atoms with Crippen LogP contribution in [0.1, 0.15) is 4.88 Å². The molecule has 0 spiro atoms.